The van der Waals surface area contributed by atoms with E-state index in [1.807, 2.05) is 18.1 Å². The fourth-order valence-corrected chi connectivity index (χ4v) is 0.783. The second-order valence-corrected chi connectivity index (χ2v) is 2.33. The molecule has 0 unspecified atom stereocenters. The van der Waals surface area contributed by atoms with Gasteiger partial charge in [0.15, 0.2) is 0 Å². The highest BCUT2D eigenvalue weighted by Crippen LogP contribution is 2.05. The topological polar surface area (TPSA) is 43.7 Å². The first-order valence-electron chi connectivity index (χ1n) is 3.15. The van der Waals surface area contributed by atoms with E-state index < -0.39 is 7.12 Å². The highest BCUT2D eigenvalue weighted by Gasteiger charge is 2.13. The van der Waals surface area contributed by atoms with Crippen LogP contribution in [0.5, 0.6) is 0 Å². The van der Waals surface area contributed by atoms with Gasteiger partial charge in [0.25, 0.3) is 0 Å². The first-order chi connectivity index (χ1) is 4.70. The van der Waals surface area contributed by atoms with Crippen LogP contribution < -0.4 is 24.0 Å². The Balaban J connectivity index is 0.000001000. The van der Waals surface area contributed by atoms with Crippen LogP contribution in [0.1, 0.15) is 0 Å². The van der Waals surface area contributed by atoms with Gasteiger partial charge in [-0.15, -0.1) is 0 Å². The zero-order chi connectivity index (χ0) is 7.56. The van der Waals surface area contributed by atoms with Crippen molar-refractivity contribution in [2.24, 2.45) is 0 Å². The van der Waals surface area contributed by atoms with E-state index in [4.69, 9.17) is 10.0 Å². The Morgan fingerprint density at radius 1 is 1.55 bits per heavy atom. The molecular weight excluding hydrogens is 256 g/mol. The van der Waals surface area contributed by atoms with E-state index in [0.717, 1.165) is 6.54 Å². The predicted octanol–water partition coefficient (Wildman–Crippen LogP) is -3.61. The Hall–Kier alpha value is -0.00506. The van der Waals surface area contributed by atoms with Crippen molar-refractivity contribution in [3.63, 3.8) is 0 Å². The van der Waals surface area contributed by atoms with Crippen molar-refractivity contribution in [1.29, 1.82) is 0 Å². The van der Waals surface area contributed by atoms with E-state index in [9.17, 15) is 0 Å². The van der Waals surface area contributed by atoms with E-state index in [1.165, 1.54) is 0 Å². The lowest BCUT2D eigenvalue weighted by atomic mass is 9.78. The number of hydrogen-bond donors (Lipinski definition) is 2. The summed E-state index contributed by atoms with van der Waals surface area (Å²) < 4.78 is 0. The fraction of sp³-hybridized carbons (Fsp3) is 0.333. The van der Waals surface area contributed by atoms with Crippen molar-refractivity contribution >= 4 is 7.12 Å². The molecule has 0 aromatic carbocycles. The Labute approximate surface area is 83.6 Å². The van der Waals surface area contributed by atoms with Crippen molar-refractivity contribution in [1.82, 2.24) is 4.90 Å². The Morgan fingerprint density at radius 3 is 2.55 bits per heavy atom. The average molecular weight is 266 g/mol. The third-order valence-electron chi connectivity index (χ3n) is 1.43. The molecule has 0 amide bonds. The molecule has 0 aromatic rings. The summed E-state index contributed by atoms with van der Waals surface area (Å²) in [6.45, 7) is 0.740. The number of rotatable bonds is 1. The van der Waals surface area contributed by atoms with E-state index in [-0.39, 0.29) is 24.0 Å². The minimum absolute atomic E-state index is 0. The van der Waals surface area contributed by atoms with E-state index in [1.54, 1.807) is 12.2 Å². The normalized spacial score (nSPS) is 15.5. The van der Waals surface area contributed by atoms with Gasteiger partial charge < -0.3 is 38.9 Å². The lowest BCUT2D eigenvalue weighted by Crippen LogP contribution is -3.00. The smallest absolute Gasteiger partial charge is 0.488 e. The molecule has 0 fully saturated rings. The largest absolute Gasteiger partial charge is 1.00 e. The fourth-order valence-electron chi connectivity index (χ4n) is 0.783. The highest BCUT2D eigenvalue weighted by molar-refractivity contribution is 6.51. The highest BCUT2D eigenvalue weighted by atomic mass is 127. The maximum Gasteiger partial charge on any atom is 0.488 e. The van der Waals surface area contributed by atoms with Crippen molar-refractivity contribution in [3.05, 3.63) is 23.8 Å². The van der Waals surface area contributed by atoms with Gasteiger partial charge in [0.2, 0.25) is 0 Å². The molecule has 1 rings (SSSR count). The minimum Gasteiger partial charge on any atom is -1.00 e. The molecule has 11 heavy (non-hydrogen) atoms. The molecule has 0 aliphatic carbocycles. The van der Waals surface area contributed by atoms with Crippen LogP contribution in [-0.2, 0) is 0 Å². The van der Waals surface area contributed by atoms with Gasteiger partial charge in [-0.1, -0.05) is 6.08 Å². The Kier molecular flexibility index (Phi) is 4.79. The molecule has 0 saturated heterocycles. The maximum absolute atomic E-state index is 8.68. The van der Waals surface area contributed by atoms with Crippen LogP contribution in [0.4, 0.5) is 0 Å². The van der Waals surface area contributed by atoms with Crippen LogP contribution in [0.15, 0.2) is 23.8 Å². The standard InChI is InChI=1S/C6H10BNO2.HI/c1-8-4-2-6(3-5-8)7(9)10;/h2-4,9-10H,5H2,1H3;1H/p-1. The number of allylic oxidation sites excluding steroid dienone is 2. The summed E-state index contributed by atoms with van der Waals surface area (Å²) in [4.78, 5) is 1.95. The summed E-state index contributed by atoms with van der Waals surface area (Å²) >= 11 is 0. The van der Waals surface area contributed by atoms with Gasteiger partial charge in [-0.25, -0.2) is 0 Å². The summed E-state index contributed by atoms with van der Waals surface area (Å²) in [5.74, 6) is 0. The van der Waals surface area contributed by atoms with Gasteiger partial charge in [0.05, 0.1) is 0 Å². The molecule has 62 valence electrons. The van der Waals surface area contributed by atoms with Crippen molar-refractivity contribution in [2.75, 3.05) is 13.6 Å². The van der Waals surface area contributed by atoms with Crippen molar-refractivity contribution in [3.8, 4) is 0 Å². The first kappa shape index (κ1) is 11.0. The van der Waals surface area contributed by atoms with Gasteiger partial charge >= 0.3 is 7.12 Å². The van der Waals surface area contributed by atoms with E-state index in [2.05, 4.69) is 0 Å². The lowest BCUT2D eigenvalue weighted by molar-refractivity contribution is -0.00000475. The summed E-state index contributed by atoms with van der Waals surface area (Å²) in [5.41, 5.74) is 0.568. The van der Waals surface area contributed by atoms with Crippen molar-refractivity contribution in [2.45, 2.75) is 0 Å². The number of halogens is 1. The zero-order valence-corrected chi connectivity index (χ0v) is 8.39. The van der Waals surface area contributed by atoms with Crippen LogP contribution >= 0.6 is 0 Å². The second-order valence-electron chi connectivity index (χ2n) is 2.33. The van der Waals surface area contributed by atoms with Gasteiger partial charge in [-0.3, -0.25) is 0 Å². The molecular formula is C6H10BINO2-. The predicted molar refractivity (Wildman–Crippen MR) is 40.0 cm³/mol. The molecule has 0 bridgehead atoms. The second kappa shape index (κ2) is 4.79. The molecule has 0 saturated carbocycles. The van der Waals surface area contributed by atoms with Crippen LogP contribution in [0.25, 0.3) is 0 Å². The van der Waals surface area contributed by atoms with Crippen LogP contribution in [-0.4, -0.2) is 35.7 Å². The third-order valence-corrected chi connectivity index (χ3v) is 1.43. The zero-order valence-electron chi connectivity index (χ0n) is 6.24. The molecule has 5 heteroatoms. The molecule has 0 radical (unpaired) electrons. The summed E-state index contributed by atoms with van der Waals surface area (Å²) in [6, 6.07) is 0. The molecule has 2 N–H and O–H groups in total. The molecule has 1 aliphatic rings. The molecule has 0 atom stereocenters. The molecule has 1 heterocycles. The lowest BCUT2D eigenvalue weighted by Gasteiger charge is -2.16. The molecule has 3 nitrogen and oxygen atoms in total. The SMILES string of the molecule is CN1C=CC(B(O)O)=CC1.[I-]. The van der Waals surface area contributed by atoms with E-state index in [0.29, 0.717) is 5.47 Å². The summed E-state index contributed by atoms with van der Waals surface area (Å²) in [7, 11) is 0.595. The van der Waals surface area contributed by atoms with Gasteiger partial charge in [0, 0.05) is 13.6 Å². The van der Waals surface area contributed by atoms with Gasteiger partial charge in [0.1, 0.15) is 0 Å². The molecule has 1 aliphatic heterocycles. The van der Waals surface area contributed by atoms with Gasteiger partial charge in [-0.05, 0) is 17.7 Å². The maximum atomic E-state index is 8.68. The minimum atomic E-state index is -1.33. The molecule has 0 aromatic heterocycles. The van der Waals surface area contributed by atoms with E-state index >= 15 is 0 Å². The Bertz CT molecular complexity index is 181. The summed E-state index contributed by atoms with van der Waals surface area (Å²) in [5, 5.41) is 17.4. The molecule has 0 spiro atoms. The van der Waals surface area contributed by atoms with Crippen LogP contribution in [0, 0.1) is 0 Å². The van der Waals surface area contributed by atoms with Crippen molar-refractivity contribution < 1.29 is 34.0 Å². The Morgan fingerprint density at radius 2 is 2.18 bits per heavy atom. The van der Waals surface area contributed by atoms with Crippen LogP contribution in [0.2, 0.25) is 0 Å². The monoisotopic (exact) mass is 266 g/mol. The van der Waals surface area contributed by atoms with Gasteiger partial charge in [-0.2, -0.15) is 0 Å². The summed E-state index contributed by atoms with van der Waals surface area (Å²) in [6.07, 6.45) is 5.29. The first-order valence-corrected chi connectivity index (χ1v) is 3.15. The third kappa shape index (κ3) is 3.26. The number of nitrogens with zero attached hydrogens (tertiary/aromatic N) is 1. The number of hydrogen-bond acceptors (Lipinski definition) is 3. The van der Waals surface area contributed by atoms with Crippen LogP contribution in [0.3, 0.4) is 0 Å². The average Bonchev–Trinajstić information content (AvgIpc) is 1.88. The number of likely N-dealkylation sites (N-methyl/N-ethyl adjacent to an activating group) is 1. The quantitative estimate of drug-likeness (QED) is 0.380.